The summed E-state index contributed by atoms with van der Waals surface area (Å²) in [7, 11) is 1.20. The molecule has 2 rings (SSSR count). The molecule has 2 aromatic rings. The number of aromatic nitrogens is 1. The van der Waals surface area contributed by atoms with Crippen molar-refractivity contribution in [2.45, 2.75) is 0 Å². The summed E-state index contributed by atoms with van der Waals surface area (Å²) in [5.74, 6) is -1.78. The molecule has 0 bridgehead atoms. The lowest BCUT2D eigenvalue weighted by Crippen LogP contribution is -2.11. The number of hydrogen-bond donors (Lipinski definition) is 2. The highest BCUT2D eigenvalue weighted by Crippen LogP contribution is 2.29. The van der Waals surface area contributed by atoms with E-state index in [9.17, 15) is 9.59 Å². The third-order valence-electron chi connectivity index (χ3n) is 3.00. The number of nitrogen functional groups attached to an aromatic ring is 1. The van der Waals surface area contributed by atoms with E-state index in [1.807, 2.05) is 6.07 Å². The molecule has 8 heteroatoms. The smallest absolute Gasteiger partial charge is 0.357 e. The third-order valence-corrected chi connectivity index (χ3v) is 3.63. The molecule has 3 N–H and O–H groups in total. The maximum absolute atomic E-state index is 11.9. The molecule has 1 aromatic heterocycles. The lowest BCUT2D eigenvalue weighted by atomic mass is 10.2. The Morgan fingerprint density at radius 3 is 2.64 bits per heavy atom. The number of rotatable bonds is 3. The predicted octanol–water partition coefficient (Wildman–Crippen LogP) is 2.18. The molecule has 0 saturated carbocycles. The van der Waals surface area contributed by atoms with Crippen molar-refractivity contribution in [2.75, 3.05) is 12.8 Å². The van der Waals surface area contributed by atoms with Gasteiger partial charge in [-0.1, -0.05) is 0 Å². The van der Waals surface area contributed by atoms with Gasteiger partial charge < -0.3 is 20.1 Å². The van der Waals surface area contributed by atoms with Crippen LogP contribution in [-0.4, -0.2) is 28.7 Å². The lowest BCUT2D eigenvalue weighted by Gasteiger charge is -2.11. The highest BCUT2D eigenvalue weighted by atomic mass is 79.9. The van der Waals surface area contributed by atoms with Crippen LogP contribution < -0.4 is 5.73 Å². The van der Waals surface area contributed by atoms with Crippen molar-refractivity contribution in [3.63, 3.8) is 0 Å². The van der Waals surface area contributed by atoms with Crippen molar-refractivity contribution in [3.05, 3.63) is 45.7 Å². The average molecular weight is 364 g/mol. The number of aromatic carboxylic acids is 1. The van der Waals surface area contributed by atoms with Gasteiger partial charge in [0.25, 0.3) is 0 Å². The molecule has 0 unspecified atom stereocenters. The van der Waals surface area contributed by atoms with E-state index < -0.39 is 11.9 Å². The van der Waals surface area contributed by atoms with Gasteiger partial charge in [-0.2, -0.15) is 5.26 Å². The van der Waals surface area contributed by atoms with Crippen LogP contribution in [0.4, 0.5) is 5.69 Å². The number of carbonyl (C=O) groups is 2. The van der Waals surface area contributed by atoms with Crippen LogP contribution >= 0.6 is 15.9 Å². The molecule has 0 aliphatic carbocycles. The number of ether oxygens (including phenoxy) is 1. The van der Waals surface area contributed by atoms with E-state index in [0.717, 1.165) is 0 Å². The zero-order chi connectivity index (χ0) is 16.4. The molecule has 0 aliphatic heterocycles. The first-order valence-corrected chi connectivity index (χ1v) is 6.72. The highest BCUT2D eigenvalue weighted by Gasteiger charge is 2.23. The molecular formula is C14H10BrN3O4. The van der Waals surface area contributed by atoms with E-state index >= 15 is 0 Å². The number of hydrogen-bond acceptors (Lipinski definition) is 5. The number of esters is 1. The lowest BCUT2D eigenvalue weighted by molar-refractivity contribution is 0.0592. The van der Waals surface area contributed by atoms with E-state index in [4.69, 9.17) is 16.1 Å². The number of benzene rings is 1. The summed E-state index contributed by atoms with van der Waals surface area (Å²) in [6.07, 6.45) is 1.39. The van der Waals surface area contributed by atoms with Crippen LogP contribution in [0.15, 0.2) is 28.9 Å². The van der Waals surface area contributed by atoms with Gasteiger partial charge in [0, 0.05) is 10.7 Å². The molecule has 0 radical (unpaired) electrons. The van der Waals surface area contributed by atoms with E-state index in [-0.39, 0.29) is 22.5 Å². The average Bonchev–Trinajstić information content (AvgIpc) is 2.82. The number of carboxylic acid groups (broad SMARTS) is 1. The van der Waals surface area contributed by atoms with Gasteiger partial charge >= 0.3 is 11.9 Å². The zero-order valence-electron chi connectivity index (χ0n) is 11.3. The highest BCUT2D eigenvalue weighted by molar-refractivity contribution is 9.10. The van der Waals surface area contributed by atoms with Gasteiger partial charge in [-0.3, -0.25) is 0 Å². The first-order valence-electron chi connectivity index (χ1n) is 5.93. The second kappa shape index (κ2) is 5.91. The van der Waals surface area contributed by atoms with Crippen LogP contribution in [0.5, 0.6) is 0 Å². The summed E-state index contributed by atoms with van der Waals surface area (Å²) in [4.78, 5) is 22.9. The second-order valence-corrected chi connectivity index (χ2v) is 5.10. The van der Waals surface area contributed by atoms with Crippen molar-refractivity contribution in [1.82, 2.24) is 4.57 Å². The SMILES string of the molecule is COC(=O)c1c(N)c(C#N)cn1-c1ccc(C(=O)O)cc1Br. The number of methoxy groups -OCH3 is 1. The monoisotopic (exact) mass is 363 g/mol. The molecule has 0 atom stereocenters. The number of nitrogens with zero attached hydrogens (tertiary/aromatic N) is 2. The van der Waals surface area contributed by atoms with E-state index in [1.165, 1.54) is 36.1 Å². The largest absolute Gasteiger partial charge is 0.478 e. The van der Waals surface area contributed by atoms with Gasteiger partial charge in [-0.25, -0.2) is 9.59 Å². The van der Waals surface area contributed by atoms with Gasteiger partial charge in [-0.05, 0) is 34.1 Å². The molecule has 7 nitrogen and oxygen atoms in total. The first-order chi connectivity index (χ1) is 10.4. The van der Waals surface area contributed by atoms with Crippen LogP contribution in [0, 0.1) is 11.3 Å². The van der Waals surface area contributed by atoms with E-state index in [0.29, 0.717) is 10.2 Å². The molecule has 1 heterocycles. The minimum atomic E-state index is -1.08. The summed E-state index contributed by atoms with van der Waals surface area (Å²) in [6.45, 7) is 0. The summed E-state index contributed by atoms with van der Waals surface area (Å²) in [5, 5.41) is 18.0. The van der Waals surface area contributed by atoms with Crippen molar-refractivity contribution in [3.8, 4) is 11.8 Å². The van der Waals surface area contributed by atoms with Gasteiger partial charge in [0.1, 0.15) is 6.07 Å². The first kappa shape index (κ1) is 15.6. The third kappa shape index (κ3) is 2.54. The van der Waals surface area contributed by atoms with Gasteiger partial charge in [0.05, 0.1) is 29.6 Å². The van der Waals surface area contributed by atoms with Crippen LogP contribution in [0.3, 0.4) is 0 Å². The fourth-order valence-corrected chi connectivity index (χ4v) is 2.51. The number of halogens is 1. The summed E-state index contributed by atoms with van der Waals surface area (Å²) >= 11 is 3.25. The summed E-state index contributed by atoms with van der Waals surface area (Å²) in [5.41, 5.74) is 6.47. The molecule has 0 fully saturated rings. The Labute approximate surface area is 133 Å². The molecule has 112 valence electrons. The maximum atomic E-state index is 11.9. The number of carboxylic acids is 1. The number of carbonyl (C=O) groups excluding carboxylic acids is 1. The Bertz CT molecular complexity index is 820. The molecule has 0 aliphatic rings. The normalized spacial score (nSPS) is 10.0. The van der Waals surface area contributed by atoms with Crippen LogP contribution in [0.25, 0.3) is 5.69 Å². The topological polar surface area (TPSA) is 118 Å². The van der Waals surface area contributed by atoms with Crippen molar-refractivity contribution >= 4 is 33.6 Å². The van der Waals surface area contributed by atoms with Crippen LogP contribution in [0.1, 0.15) is 26.4 Å². The number of nitriles is 1. The molecule has 22 heavy (non-hydrogen) atoms. The zero-order valence-corrected chi connectivity index (χ0v) is 12.9. The molecule has 0 spiro atoms. The molecule has 1 aromatic carbocycles. The van der Waals surface area contributed by atoms with Crippen LogP contribution in [-0.2, 0) is 4.74 Å². The van der Waals surface area contributed by atoms with E-state index in [1.54, 1.807) is 0 Å². The Morgan fingerprint density at radius 2 is 2.14 bits per heavy atom. The van der Waals surface area contributed by atoms with E-state index in [2.05, 4.69) is 20.7 Å². The maximum Gasteiger partial charge on any atom is 0.357 e. The van der Waals surface area contributed by atoms with Gasteiger partial charge in [-0.15, -0.1) is 0 Å². The quantitative estimate of drug-likeness (QED) is 0.806. The fraction of sp³-hybridized carbons (Fsp3) is 0.0714. The molecule has 0 saturated heterocycles. The second-order valence-electron chi connectivity index (χ2n) is 4.25. The van der Waals surface area contributed by atoms with Gasteiger partial charge in [0.2, 0.25) is 0 Å². The molecule has 0 amide bonds. The minimum Gasteiger partial charge on any atom is -0.478 e. The summed E-state index contributed by atoms with van der Waals surface area (Å²) < 4.78 is 6.49. The van der Waals surface area contributed by atoms with Gasteiger partial charge in [0.15, 0.2) is 5.69 Å². The number of nitrogens with two attached hydrogens (primary N) is 1. The molecular weight excluding hydrogens is 354 g/mol. The Morgan fingerprint density at radius 1 is 1.45 bits per heavy atom. The standard InChI is InChI=1S/C14H10BrN3O4/c1-22-14(21)12-11(17)8(5-16)6-18(12)10-3-2-7(13(19)20)4-9(10)15/h2-4,6H,17H2,1H3,(H,19,20). The minimum absolute atomic E-state index is 0.00262. The van der Waals surface area contributed by atoms with Crippen molar-refractivity contribution in [1.29, 1.82) is 5.26 Å². The van der Waals surface area contributed by atoms with Crippen molar-refractivity contribution in [2.24, 2.45) is 0 Å². The Balaban J connectivity index is 2.70. The fourth-order valence-electron chi connectivity index (χ4n) is 1.94. The predicted molar refractivity (Wildman–Crippen MR) is 80.9 cm³/mol. The Hall–Kier alpha value is -2.79. The van der Waals surface area contributed by atoms with Crippen molar-refractivity contribution < 1.29 is 19.4 Å². The van der Waals surface area contributed by atoms with Crippen LogP contribution in [0.2, 0.25) is 0 Å². The Kier molecular flexibility index (Phi) is 4.19. The summed E-state index contributed by atoms with van der Waals surface area (Å²) in [6, 6.07) is 6.16. The number of anilines is 1.